The summed E-state index contributed by atoms with van der Waals surface area (Å²) in [6.07, 6.45) is -0.362. The summed E-state index contributed by atoms with van der Waals surface area (Å²) in [5.41, 5.74) is 1.18. The highest BCUT2D eigenvalue weighted by Crippen LogP contribution is 2.38. The molecule has 2 heterocycles. The van der Waals surface area contributed by atoms with E-state index in [0.29, 0.717) is 54.9 Å². The summed E-state index contributed by atoms with van der Waals surface area (Å²) in [5.74, 6) is 0.342. The van der Waals surface area contributed by atoms with Crippen molar-refractivity contribution in [2.45, 2.75) is 38.5 Å². The van der Waals surface area contributed by atoms with E-state index in [1.54, 1.807) is 0 Å². The fraction of sp³-hybridized carbons (Fsp3) is 0.458. The van der Waals surface area contributed by atoms with Crippen molar-refractivity contribution >= 4 is 22.7 Å². The van der Waals surface area contributed by atoms with Crippen LogP contribution in [0.4, 0.5) is 11.8 Å². The second kappa shape index (κ2) is 9.96. The highest BCUT2D eigenvalue weighted by molar-refractivity contribution is 5.84. The topological polar surface area (TPSA) is 133 Å². The molecule has 0 amide bonds. The van der Waals surface area contributed by atoms with Crippen LogP contribution in [0.15, 0.2) is 36.4 Å². The molecule has 1 fully saturated rings. The van der Waals surface area contributed by atoms with E-state index in [1.165, 1.54) is 0 Å². The molecule has 3 atom stereocenters. The number of benzene rings is 1. The summed E-state index contributed by atoms with van der Waals surface area (Å²) in [6, 6.07) is 11.7. The van der Waals surface area contributed by atoms with Gasteiger partial charge in [-0.25, -0.2) is 9.97 Å². The molecule has 1 aliphatic rings. The van der Waals surface area contributed by atoms with Gasteiger partial charge < -0.3 is 30.7 Å². The number of fused-ring (bicyclic) bond motifs is 1. The van der Waals surface area contributed by atoms with Crippen molar-refractivity contribution in [1.82, 2.24) is 15.0 Å². The summed E-state index contributed by atoms with van der Waals surface area (Å²) in [5, 5.41) is 38.6. The molecular formula is C24H31N5O4. The zero-order chi connectivity index (χ0) is 23.4. The van der Waals surface area contributed by atoms with E-state index in [2.05, 4.69) is 20.6 Å². The summed E-state index contributed by atoms with van der Waals surface area (Å²) in [7, 11) is 0. The average molecular weight is 454 g/mol. The Labute approximate surface area is 192 Å². The van der Waals surface area contributed by atoms with E-state index < -0.39 is 17.7 Å². The maximum atomic E-state index is 11.2. The number of pyridine rings is 1. The third-order valence-corrected chi connectivity index (χ3v) is 6.08. The summed E-state index contributed by atoms with van der Waals surface area (Å²) >= 11 is 0. The van der Waals surface area contributed by atoms with Crippen molar-refractivity contribution < 1.29 is 20.1 Å². The van der Waals surface area contributed by atoms with E-state index in [1.807, 2.05) is 50.2 Å². The Morgan fingerprint density at radius 3 is 2.73 bits per heavy atom. The van der Waals surface area contributed by atoms with E-state index in [0.717, 1.165) is 10.9 Å². The van der Waals surface area contributed by atoms with Gasteiger partial charge in [-0.2, -0.15) is 4.98 Å². The molecule has 176 valence electrons. The van der Waals surface area contributed by atoms with Crippen molar-refractivity contribution in [3.63, 3.8) is 0 Å². The van der Waals surface area contributed by atoms with Crippen molar-refractivity contribution in [2.24, 2.45) is 5.92 Å². The third kappa shape index (κ3) is 4.91. The van der Waals surface area contributed by atoms with Gasteiger partial charge in [-0.15, -0.1) is 0 Å². The van der Waals surface area contributed by atoms with Crippen LogP contribution in [-0.2, 0) is 4.74 Å². The molecule has 1 aromatic carbocycles. The molecule has 1 aliphatic carbocycles. The van der Waals surface area contributed by atoms with Crippen LogP contribution in [-0.4, -0.2) is 68.5 Å². The van der Waals surface area contributed by atoms with Crippen molar-refractivity contribution in [2.75, 3.05) is 37.0 Å². The lowest BCUT2D eigenvalue weighted by Crippen LogP contribution is -2.48. The number of para-hydroxylation sites is 1. The number of aromatic nitrogens is 3. The van der Waals surface area contributed by atoms with Gasteiger partial charge in [-0.3, -0.25) is 0 Å². The Kier molecular flexibility index (Phi) is 7.04. The van der Waals surface area contributed by atoms with Gasteiger partial charge in [-0.05, 0) is 38.8 Å². The molecule has 4 rings (SSSR count). The monoisotopic (exact) mass is 453 g/mol. The Morgan fingerprint density at radius 2 is 1.97 bits per heavy atom. The molecular weight excluding hydrogens is 422 g/mol. The maximum Gasteiger partial charge on any atom is 0.224 e. The van der Waals surface area contributed by atoms with Gasteiger partial charge in [0.05, 0.1) is 29.1 Å². The van der Waals surface area contributed by atoms with E-state index >= 15 is 0 Å². The molecule has 0 spiro atoms. The number of aliphatic hydroxyl groups excluding tert-OH is 2. The second-order valence-electron chi connectivity index (χ2n) is 8.34. The molecule has 33 heavy (non-hydrogen) atoms. The lowest BCUT2D eigenvalue weighted by Gasteiger charge is -2.31. The Hall–Kier alpha value is -2.85. The fourth-order valence-electron chi connectivity index (χ4n) is 4.27. The van der Waals surface area contributed by atoms with Gasteiger partial charge in [0.25, 0.3) is 0 Å². The maximum absolute atomic E-state index is 11.2. The van der Waals surface area contributed by atoms with Gasteiger partial charge in [0.15, 0.2) is 5.72 Å². The predicted octanol–water partition coefficient (Wildman–Crippen LogP) is 2.31. The molecule has 1 saturated carbocycles. The smallest absolute Gasteiger partial charge is 0.224 e. The number of nitrogens with zero attached hydrogens (tertiary/aromatic N) is 3. The minimum atomic E-state index is -1.62. The summed E-state index contributed by atoms with van der Waals surface area (Å²) in [6.45, 7) is 5.26. The minimum absolute atomic E-state index is 0.197. The van der Waals surface area contributed by atoms with Gasteiger partial charge in [0, 0.05) is 31.1 Å². The molecule has 9 nitrogen and oxygen atoms in total. The lowest BCUT2D eigenvalue weighted by molar-refractivity contribution is -0.0545. The van der Waals surface area contributed by atoms with Crippen LogP contribution in [0.25, 0.3) is 22.2 Å². The molecule has 0 saturated heterocycles. The molecule has 5 N–H and O–H groups in total. The number of hydrogen-bond donors (Lipinski definition) is 5. The van der Waals surface area contributed by atoms with Gasteiger partial charge in [0.1, 0.15) is 11.9 Å². The normalized spacial score (nSPS) is 22.6. The number of hydrogen-bond acceptors (Lipinski definition) is 9. The quantitative estimate of drug-likeness (QED) is 0.244. The number of aliphatic hydroxyl groups is 3. The minimum Gasteiger partial charge on any atom is -0.396 e. The molecule has 3 aromatic rings. The number of anilines is 2. The molecule has 9 heteroatoms. The first-order valence-corrected chi connectivity index (χ1v) is 11.3. The van der Waals surface area contributed by atoms with Crippen LogP contribution in [0.3, 0.4) is 0 Å². The van der Waals surface area contributed by atoms with Gasteiger partial charge in [-0.1, -0.05) is 24.3 Å². The van der Waals surface area contributed by atoms with Crippen molar-refractivity contribution in [1.29, 1.82) is 0 Å². The number of rotatable bonds is 9. The Balaban J connectivity index is 1.74. The van der Waals surface area contributed by atoms with Crippen LogP contribution >= 0.6 is 0 Å². The van der Waals surface area contributed by atoms with E-state index in [9.17, 15) is 15.3 Å². The lowest BCUT2D eigenvalue weighted by atomic mass is 10.0. The van der Waals surface area contributed by atoms with Crippen molar-refractivity contribution in [3.8, 4) is 11.3 Å². The first-order valence-electron chi connectivity index (χ1n) is 11.3. The molecule has 0 bridgehead atoms. The van der Waals surface area contributed by atoms with E-state index in [-0.39, 0.29) is 13.0 Å². The van der Waals surface area contributed by atoms with Crippen LogP contribution in [0, 0.1) is 12.8 Å². The highest BCUT2D eigenvalue weighted by atomic mass is 16.5. The number of aryl methyl sites for hydroxylation is 1. The van der Waals surface area contributed by atoms with Crippen LogP contribution in [0.1, 0.15) is 25.5 Å². The summed E-state index contributed by atoms with van der Waals surface area (Å²) in [4.78, 5) is 14.0. The van der Waals surface area contributed by atoms with Crippen LogP contribution < -0.4 is 10.6 Å². The predicted molar refractivity (Wildman–Crippen MR) is 127 cm³/mol. The van der Waals surface area contributed by atoms with Gasteiger partial charge >= 0.3 is 0 Å². The number of nitrogens with one attached hydrogen (secondary N) is 2. The Bertz CT molecular complexity index is 1110. The largest absolute Gasteiger partial charge is 0.396 e. The average Bonchev–Trinajstić information content (AvgIpc) is 3.09. The van der Waals surface area contributed by atoms with Crippen molar-refractivity contribution in [3.05, 3.63) is 42.1 Å². The standard InChI is InChI=1S/C24H31N5O4/c1-3-33-13-12-25-23-26-15(2)20(19-9-8-16-6-4-5-7-18(16)27-19)22(28-23)29-24(32)11-10-17(14-30)21(24)31/h4-9,17,21,30-32H,3,10-14H2,1-2H3,(H2,25,26,28,29). The van der Waals surface area contributed by atoms with Gasteiger partial charge in [0.2, 0.25) is 5.95 Å². The second-order valence-corrected chi connectivity index (χ2v) is 8.34. The SMILES string of the molecule is CCOCCNc1nc(C)c(-c2ccc3ccccc3n2)c(NC2(O)CCC(CO)C2O)n1. The highest BCUT2D eigenvalue weighted by Gasteiger charge is 2.47. The summed E-state index contributed by atoms with van der Waals surface area (Å²) < 4.78 is 5.37. The van der Waals surface area contributed by atoms with Crippen LogP contribution in [0.5, 0.6) is 0 Å². The zero-order valence-electron chi connectivity index (χ0n) is 19.0. The fourth-order valence-corrected chi connectivity index (χ4v) is 4.27. The zero-order valence-corrected chi connectivity index (χ0v) is 19.0. The van der Waals surface area contributed by atoms with E-state index in [4.69, 9.17) is 9.72 Å². The first-order chi connectivity index (χ1) is 15.9. The molecule has 0 aliphatic heterocycles. The molecule has 3 unspecified atom stereocenters. The third-order valence-electron chi connectivity index (χ3n) is 6.08. The molecule has 2 aromatic heterocycles. The first kappa shape index (κ1) is 23.3. The van der Waals surface area contributed by atoms with Crippen LogP contribution in [0.2, 0.25) is 0 Å². The number of ether oxygens (including phenoxy) is 1. The Morgan fingerprint density at radius 1 is 1.15 bits per heavy atom. The molecule has 0 radical (unpaired) electrons.